The SMILES string of the molecule is Cc1[c]c2cccnc2n1Cc1ccc(S(=O)(=O)N2CCOCC2)cc1. The van der Waals surface area contributed by atoms with Crippen molar-refractivity contribution in [3.8, 4) is 0 Å². The van der Waals surface area contributed by atoms with Crippen molar-refractivity contribution >= 4 is 21.1 Å². The number of ether oxygens (including phenoxy) is 1. The summed E-state index contributed by atoms with van der Waals surface area (Å²) in [5.74, 6) is 0. The fourth-order valence-corrected chi connectivity index (χ4v) is 4.62. The lowest BCUT2D eigenvalue weighted by molar-refractivity contribution is 0.0730. The van der Waals surface area contributed by atoms with Crippen LogP contribution in [0.2, 0.25) is 0 Å². The van der Waals surface area contributed by atoms with E-state index in [1.807, 2.05) is 31.2 Å². The number of aromatic nitrogens is 2. The Bertz CT molecular complexity index is 1020. The highest BCUT2D eigenvalue weighted by molar-refractivity contribution is 7.89. The molecule has 1 fully saturated rings. The number of fused-ring (bicyclic) bond motifs is 1. The topological polar surface area (TPSA) is 64.4 Å². The Morgan fingerprint density at radius 2 is 1.88 bits per heavy atom. The van der Waals surface area contributed by atoms with Gasteiger partial charge >= 0.3 is 0 Å². The summed E-state index contributed by atoms with van der Waals surface area (Å²) in [4.78, 5) is 4.75. The first-order chi connectivity index (χ1) is 12.6. The minimum Gasteiger partial charge on any atom is -0.379 e. The van der Waals surface area contributed by atoms with Gasteiger partial charge in [-0.3, -0.25) is 0 Å². The second-order valence-corrected chi connectivity index (χ2v) is 8.27. The number of pyridine rings is 1. The van der Waals surface area contributed by atoms with E-state index in [9.17, 15) is 8.42 Å². The molecular formula is C19H20N3O3S. The molecule has 1 aliphatic heterocycles. The fraction of sp³-hybridized carbons (Fsp3) is 0.316. The first-order valence-corrected chi connectivity index (χ1v) is 10.00. The van der Waals surface area contributed by atoms with Crippen molar-refractivity contribution in [2.45, 2.75) is 18.4 Å². The molecule has 1 radical (unpaired) electrons. The number of aryl methyl sites for hydroxylation is 1. The zero-order chi connectivity index (χ0) is 18.1. The van der Waals surface area contributed by atoms with Gasteiger partial charge in [-0.15, -0.1) is 0 Å². The number of hydrogen-bond donors (Lipinski definition) is 0. The maximum Gasteiger partial charge on any atom is 0.243 e. The second-order valence-electron chi connectivity index (χ2n) is 6.33. The smallest absolute Gasteiger partial charge is 0.243 e. The van der Waals surface area contributed by atoms with E-state index in [0.717, 1.165) is 22.3 Å². The van der Waals surface area contributed by atoms with Crippen LogP contribution in [0.4, 0.5) is 0 Å². The largest absolute Gasteiger partial charge is 0.379 e. The van der Waals surface area contributed by atoms with Crippen LogP contribution in [0, 0.1) is 13.0 Å². The van der Waals surface area contributed by atoms with Crippen LogP contribution < -0.4 is 0 Å². The summed E-state index contributed by atoms with van der Waals surface area (Å²) in [5.41, 5.74) is 2.91. The van der Waals surface area contributed by atoms with E-state index in [4.69, 9.17) is 4.74 Å². The molecule has 135 valence electrons. The molecule has 0 spiro atoms. The monoisotopic (exact) mass is 370 g/mol. The van der Waals surface area contributed by atoms with Crippen molar-refractivity contribution in [3.63, 3.8) is 0 Å². The molecule has 1 aliphatic rings. The Morgan fingerprint density at radius 1 is 1.15 bits per heavy atom. The Morgan fingerprint density at radius 3 is 2.62 bits per heavy atom. The predicted molar refractivity (Wildman–Crippen MR) is 98.4 cm³/mol. The quantitative estimate of drug-likeness (QED) is 0.706. The predicted octanol–water partition coefficient (Wildman–Crippen LogP) is 2.21. The molecule has 3 aromatic rings. The minimum absolute atomic E-state index is 0.321. The molecule has 0 aliphatic carbocycles. The molecule has 1 saturated heterocycles. The van der Waals surface area contributed by atoms with Gasteiger partial charge in [-0.1, -0.05) is 12.1 Å². The van der Waals surface area contributed by atoms with Crippen LogP contribution in [0.3, 0.4) is 0 Å². The summed E-state index contributed by atoms with van der Waals surface area (Å²) in [6.07, 6.45) is 1.77. The van der Waals surface area contributed by atoms with Gasteiger partial charge in [0.2, 0.25) is 10.0 Å². The van der Waals surface area contributed by atoms with Crippen LogP contribution in [0.25, 0.3) is 11.0 Å². The van der Waals surface area contributed by atoms with E-state index >= 15 is 0 Å². The van der Waals surface area contributed by atoms with E-state index < -0.39 is 10.0 Å². The molecule has 7 heteroatoms. The van der Waals surface area contributed by atoms with Crippen LogP contribution in [-0.2, 0) is 21.3 Å². The number of sulfonamides is 1. The number of nitrogens with zero attached hydrogens (tertiary/aromatic N) is 3. The minimum atomic E-state index is -3.46. The van der Waals surface area contributed by atoms with Crippen molar-refractivity contribution < 1.29 is 13.2 Å². The van der Waals surface area contributed by atoms with Gasteiger partial charge in [-0.25, -0.2) is 13.4 Å². The molecule has 4 rings (SSSR count). The molecule has 1 aromatic carbocycles. The lowest BCUT2D eigenvalue weighted by atomic mass is 10.2. The second kappa shape index (κ2) is 6.83. The molecular weight excluding hydrogens is 350 g/mol. The molecule has 6 nitrogen and oxygen atoms in total. The first kappa shape index (κ1) is 17.2. The van der Waals surface area contributed by atoms with E-state index in [-0.39, 0.29) is 0 Å². The van der Waals surface area contributed by atoms with Crippen LogP contribution in [0.1, 0.15) is 11.3 Å². The third kappa shape index (κ3) is 3.13. The summed E-state index contributed by atoms with van der Waals surface area (Å²) in [5, 5.41) is 0.983. The molecule has 26 heavy (non-hydrogen) atoms. The highest BCUT2D eigenvalue weighted by Gasteiger charge is 2.26. The molecule has 0 unspecified atom stereocenters. The van der Waals surface area contributed by atoms with Gasteiger partial charge in [0.25, 0.3) is 0 Å². The van der Waals surface area contributed by atoms with Gasteiger partial charge in [-0.2, -0.15) is 4.31 Å². The van der Waals surface area contributed by atoms with E-state index in [1.165, 1.54) is 4.31 Å². The van der Waals surface area contributed by atoms with Gasteiger partial charge in [-0.05, 0) is 36.8 Å². The summed E-state index contributed by atoms with van der Waals surface area (Å²) >= 11 is 0. The van der Waals surface area contributed by atoms with Crippen molar-refractivity contribution in [2.75, 3.05) is 26.3 Å². The van der Waals surface area contributed by atoms with Crippen molar-refractivity contribution in [1.82, 2.24) is 13.9 Å². The van der Waals surface area contributed by atoms with Gasteiger partial charge in [0.05, 0.1) is 18.1 Å². The fourth-order valence-electron chi connectivity index (χ4n) is 3.21. The van der Waals surface area contributed by atoms with E-state index in [0.29, 0.717) is 37.7 Å². The molecule has 0 bridgehead atoms. The molecule has 0 atom stereocenters. The highest BCUT2D eigenvalue weighted by atomic mass is 32.2. The summed E-state index contributed by atoms with van der Waals surface area (Å²) in [7, 11) is -3.46. The number of rotatable bonds is 4. The Labute approximate surface area is 153 Å². The lowest BCUT2D eigenvalue weighted by Gasteiger charge is -2.26. The first-order valence-electron chi connectivity index (χ1n) is 8.56. The lowest BCUT2D eigenvalue weighted by Crippen LogP contribution is -2.40. The Kier molecular flexibility index (Phi) is 4.52. The highest BCUT2D eigenvalue weighted by Crippen LogP contribution is 2.21. The molecule has 0 saturated carbocycles. The Balaban J connectivity index is 1.59. The normalized spacial score (nSPS) is 16.2. The maximum absolute atomic E-state index is 12.7. The summed E-state index contributed by atoms with van der Waals surface area (Å²) in [6, 6.07) is 14.3. The number of hydrogen-bond acceptors (Lipinski definition) is 4. The van der Waals surface area contributed by atoms with Gasteiger partial charge in [0, 0.05) is 43.0 Å². The van der Waals surface area contributed by atoms with Crippen molar-refractivity contribution in [3.05, 3.63) is 59.9 Å². The summed E-state index contributed by atoms with van der Waals surface area (Å²) < 4.78 is 34.2. The van der Waals surface area contributed by atoms with Crippen molar-refractivity contribution in [1.29, 1.82) is 0 Å². The molecule has 2 aromatic heterocycles. The van der Waals surface area contributed by atoms with Crippen LogP contribution in [0.5, 0.6) is 0 Å². The molecule has 3 heterocycles. The average molecular weight is 370 g/mol. The van der Waals surface area contributed by atoms with E-state index in [1.54, 1.807) is 18.3 Å². The Hall–Kier alpha value is -2.22. The zero-order valence-electron chi connectivity index (χ0n) is 14.6. The van der Waals surface area contributed by atoms with E-state index in [2.05, 4.69) is 15.6 Å². The van der Waals surface area contributed by atoms with Gasteiger partial charge in [0.1, 0.15) is 5.65 Å². The van der Waals surface area contributed by atoms with Gasteiger partial charge in [0.15, 0.2) is 0 Å². The molecule has 0 amide bonds. The third-order valence-corrected chi connectivity index (χ3v) is 6.55. The maximum atomic E-state index is 12.7. The standard InChI is InChI=1S/C19H20N3O3S/c1-15-13-17-3-2-8-20-19(17)22(15)14-16-4-6-18(7-5-16)26(23,24)21-9-11-25-12-10-21/h2-8H,9-12,14H2,1H3. The van der Waals surface area contributed by atoms with Crippen molar-refractivity contribution in [2.24, 2.45) is 0 Å². The summed E-state index contributed by atoms with van der Waals surface area (Å²) in [6.45, 7) is 4.32. The number of morpholine rings is 1. The average Bonchev–Trinajstić information content (AvgIpc) is 2.98. The number of benzene rings is 1. The van der Waals surface area contributed by atoms with Gasteiger partial charge < -0.3 is 9.30 Å². The van der Waals surface area contributed by atoms with Crippen LogP contribution in [-0.4, -0.2) is 48.6 Å². The third-order valence-electron chi connectivity index (χ3n) is 4.63. The molecule has 0 N–H and O–H groups in total. The van der Waals surface area contributed by atoms with Crippen LogP contribution >= 0.6 is 0 Å². The van der Waals surface area contributed by atoms with Crippen LogP contribution in [0.15, 0.2) is 47.5 Å². The zero-order valence-corrected chi connectivity index (χ0v) is 15.4.